The molecule has 1 aromatic rings. The van der Waals surface area contributed by atoms with Crippen molar-refractivity contribution < 1.29 is 4.74 Å². The Morgan fingerprint density at radius 3 is 2.53 bits per heavy atom. The van der Waals surface area contributed by atoms with Gasteiger partial charge in [0.05, 0.1) is 0 Å². The van der Waals surface area contributed by atoms with E-state index in [2.05, 4.69) is 52.4 Å². The van der Waals surface area contributed by atoms with Crippen molar-refractivity contribution in [2.24, 2.45) is 0 Å². The molecule has 96 valence electrons. The molecule has 1 unspecified atom stereocenters. The monoisotopic (exact) mass is 299 g/mol. The van der Waals surface area contributed by atoms with Crippen LogP contribution in [0.3, 0.4) is 0 Å². The second kappa shape index (κ2) is 8.67. The zero-order valence-electron chi connectivity index (χ0n) is 10.7. The Bertz CT molecular complexity index is 300. The molecule has 0 spiro atoms. The Morgan fingerprint density at radius 1 is 1.18 bits per heavy atom. The molecular formula is C14H22BrNO. The lowest BCUT2D eigenvalue weighted by Gasteiger charge is -2.14. The molecule has 0 heterocycles. The highest BCUT2D eigenvalue weighted by molar-refractivity contribution is 9.10. The molecule has 1 rings (SSSR count). The smallest absolute Gasteiger partial charge is 0.0462 e. The minimum atomic E-state index is 0.422. The van der Waals surface area contributed by atoms with Crippen LogP contribution in [-0.2, 0) is 4.74 Å². The van der Waals surface area contributed by atoms with Gasteiger partial charge in [0.15, 0.2) is 0 Å². The Kier molecular flexibility index (Phi) is 7.49. The van der Waals surface area contributed by atoms with Gasteiger partial charge in [0.1, 0.15) is 0 Å². The molecule has 0 fully saturated rings. The van der Waals surface area contributed by atoms with E-state index >= 15 is 0 Å². The Morgan fingerprint density at radius 2 is 1.88 bits per heavy atom. The average molecular weight is 300 g/mol. The highest BCUT2D eigenvalue weighted by atomic mass is 79.9. The molecule has 2 nitrogen and oxygen atoms in total. The molecule has 17 heavy (non-hydrogen) atoms. The van der Waals surface area contributed by atoms with Crippen LogP contribution in [0.4, 0.5) is 0 Å². The summed E-state index contributed by atoms with van der Waals surface area (Å²) in [6, 6.07) is 8.92. The summed E-state index contributed by atoms with van der Waals surface area (Å²) in [7, 11) is 1.76. The number of rotatable bonds is 8. The lowest BCUT2D eigenvalue weighted by Crippen LogP contribution is -2.19. The molecule has 1 aromatic carbocycles. The fraction of sp³-hybridized carbons (Fsp3) is 0.571. The lowest BCUT2D eigenvalue weighted by molar-refractivity contribution is 0.192. The van der Waals surface area contributed by atoms with Crippen LogP contribution >= 0.6 is 15.9 Å². The Hall–Kier alpha value is -0.380. The van der Waals surface area contributed by atoms with Gasteiger partial charge in [0.25, 0.3) is 0 Å². The summed E-state index contributed by atoms with van der Waals surface area (Å²) in [4.78, 5) is 0. The fourth-order valence-corrected chi connectivity index (χ4v) is 2.00. The SMILES string of the molecule is COCCCCCNC(C)c1ccc(Br)cc1. The van der Waals surface area contributed by atoms with E-state index in [-0.39, 0.29) is 0 Å². The van der Waals surface area contributed by atoms with Crippen LogP contribution in [0.15, 0.2) is 28.7 Å². The van der Waals surface area contributed by atoms with Crippen molar-refractivity contribution in [1.29, 1.82) is 0 Å². The molecule has 0 aliphatic carbocycles. The van der Waals surface area contributed by atoms with Gasteiger partial charge in [-0.05, 0) is 50.4 Å². The molecule has 0 bridgehead atoms. The van der Waals surface area contributed by atoms with Crippen molar-refractivity contribution in [2.75, 3.05) is 20.3 Å². The van der Waals surface area contributed by atoms with E-state index in [9.17, 15) is 0 Å². The van der Waals surface area contributed by atoms with Crippen LogP contribution < -0.4 is 5.32 Å². The molecular weight excluding hydrogens is 278 g/mol. The van der Waals surface area contributed by atoms with Gasteiger partial charge < -0.3 is 10.1 Å². The van der Waals surface area contributed by atoms with Crippen LogP contribution in [0.2, 0.25) is 0 Å². The highest BCUT2D eigenvalue weighted by Crippen LogP contribution is 2.16. The minimum absolute atomic E-state index is 0.422. The quantitative estimate of drug-likeness (QED) is 0.735. The van der Waals surface area contributed by atoms with Gasteiger partial charge >= 0.3 is 0 Å². The molecule has 3 heteroatoms. The number of nitrogens with one attached hydrogen (secondary N) is 1. The number of unbranched alkanes of at least 4 members (excludes halogenated alkanes) is 2. The van der Waals surface area contributed by atoms with Crippen LogP contribution in [-0.4, -0.2) is 20.3 Å². The van der Waals surface area contributed by atoms with E-state index in [1.165, 1.54) is 18.4 Å². The van der Waals surface area contributed by atoms with Crippen LogP contribution in [0.25, 0.3) is 0 Å². The van der Waals surface area contributed by atoms with E-state index in [4.69, 9.17) is 4.74 Å². The second-order valence-electron chi connectivity index (χ2n) is 4.28. The summed E-state index contributed by atoms with van der Waals surface area (Å²) in [5, 5.41) is 3.54. The van der Waals surface area contributed by atoms with Gasteiger partial charge in [-0.2, -0.15) is 0 Å². The van der Waals surface area contributed by atoms with E-state index < -0.39 is 0 Å². The molecule has 0 saturated heterocycles. The van der Waals surface area contributed by atoms with E-state index in [0.29, 0.717) is 6.04 Å². The molecule has 1 N–H and O–H groups in total. The third-order valence-corrected chi connectivity index (χ3v) is 3.37. The van der Waals surface area contributed by atoms with Gasteiger partial charge in [-0.25, -0.2) is 0 Å². The Balaban J connectivity index is 2.16. The summed E-state index contributed by atoms with van der Waals surface area (Å²) in [6.07, 6.45) is 3.60. The van der Waals surface area contributed by atoms with Gasteiger partial charge in [0.2, 0.25) is 0 Å². The largest absolute Gasteiger partial charge is 0.385 e. The minimum Gasteiger partial charge on any atom is -0.385 e. The molecule has 0 saturated carbocycles. The topological polar surface area (TPSA) is 21.3 Å². The van der Waals surface area contributed by atoms with Crippen LogP contribution in [0.1, 0.15) is 37.8 Å². The van der Waals surface area contributed by atoms with Gasteiger partial charge in [-0.15, -0.1) is 0 Å². The van der Waals surface area contributed by atoms with E-state index in [1.807, 2.05) is 0 Å². The molecule has 0 amide bonds. The maximum absolute atomic E-state index is 5.03. The Labute approximate surface area is 113 Å². The van der Waals surface area contributed by atoms with Gasteiger partial charge in [-0.3, -0.25) is 0 Å². The standard InChI is InChI=1S/C14H22BrNO/c1-12(13-6-8-14(15)9-7-13)16-10-4-3-5-11-17-2/h6-9,12,16H,3-5,10-11H2,1-2H3. The van der Waals surface area contributed by atoms with Crippen molar-refractivity contribution >= 4 is 15.9 Å². The first-order valence-electron chi connectivity index (χ1n) is 6.22. The van der Waals surface area contributed by atoms with Crippen molar-refractivity contribution in [3.63, 3.8) is 0 Å². The number of halogens is 1. The third-order valence-electron chi connectivity index (χ3n) is 2.85. The maximum atomic E-state index is 5.03. The number of ether oxygens (including phenoxy) is 1. The van der Waals surface area contributed by atoms with E-state index in [0.717, 1.165) is 24.0 Å². The van der Waals surface area contributed by atoms with Crippen molar-refractivity contribution in [1.82, 2.24) is 5.32 Å². The zero-order valence-corrected chi connectivity index (χ0v) is 12.3. The second-order valence-corrected chi connectivity index (χ2v) is 5.20. The third kappa shape index (κ3) is 6.20. The maximum Gasteiger partial charge on any atom is 0.0462 e. The predicted molar refractivity (Wildman–Crippen MR) is 76.3 cm³/mol. The molecule has 0 aliphatic rings. The van der Waals surface area contributed by atoms with Crippen LogP contribution in [0.5, 0.6) is 0 Å². The summed E-state index contributed by atoms with van der Waals surface area (Å²) >= 11 is 3.45. The number of benzene rings is 1. The van der Waals surface area contributed by atoms with Crippen molar-refractivity contribution in [2.45, 2.75) is 32.2 Å². The highest BCUT2D eigenvalue weighted by Gasteiger charge is 2.03. The first-order chi connectivity index (χ1) is 8.24. The number of hydrogen-bond acceptors (Lipinski definition) is 2. The molecule has 0 aromatic heterocycles. The normalized spacial score (nSPS) is 12.6. The molecule has 0 aliphatic heterocycles. The summed E-state index contributed by atoms with van der Waals surface area (Å²) in [6.45, 7) is 4.15. The molecule has 1 atom stereocenters. The number of hydrogen-bond donors (Lipinski definition) is 1. The van der Waals surface area contributed by atoms with Gasteiger partial charge in [0, 0.05) is 24.2 Å². The summed E-state index contributed by atoms with van der Waals surface area (Å²) in [5.74, 6) is 0. The van der Waals surface area contributed by atoms with Crippen molar-refractivity contribution in [3.8, 4) is 0 Å². The van der Waals surface area contributed by atoms with Gasteiger partial charge in [-0.1, -0.05) is 28.1 Å². The predicted octanol–water partition coefficient (Wildman–Crippen LogP) is 3.92. The summed E-state index contributed by atoms with van der Waals surface area (Å²) in [5.41, 5.74) is 1.34. The first kappa shape index (κ1) is 14.7. The van der Waals surface area contributed by atoms with Crippen molar-refractivity contribution in [3.05, 3.63) is 34.3 Å². The van der Waals surface area contributed by atoms with E-state index in [1.54, 1.807) is 7.11 Å². The van der Waals surface area contributed by atoms with Crippen LogP contribution in [0, 0.1) is 0 Å². The molecule has 0 radical (unpaired) electrons. The summed E-state index contributed by atoms with van der Waals surface area (Å²) < 4.78 is 6.16. The fourth-order valence-electron chi connectivity index (χ4n) is 1.74. The lowest BCUT2D eigenvalue weighted by atomic mass is 10.1. The number of methoxy groups -OCH3 is 1. The average Bonchev–Trinajstić information content (AvgIpc) is 2.34. The first-order valence-corrected chi connectivity index (χ1v) is 7.01. The zero-order chi connectivity index (χ0) is 12.5.